The number of aryl methyl sites for hydroxylation is 1. The number of fused-ring (bicyclic) bond motifs is 1. The Morgan fingerprint density at radius 3 is 2.19 bits per heavy atom. The summed E-state index contributed by atoms with van der Waals surface area (Å²) in [6.07, 6.45) is 7.91. The Hall–Kier alpha value is -4.01. The average Bonchev–Trinajstić information content (AvgIpc) is 3.97. The Labute approximate surface area is 251 Å². The van der Waals surface area contributed by atoms with Crippen LogP contribution in [0.25, 0.3) is 22.0 Å². The first-order chi connectivity index (χ1) is 20.9. The van der Waals surface area contributed by atoms with Crippen LogP contribution in [0, 0.1) is 17.8 Å². The zero-order valence-corrected chi connectivity index (χ0v) is 24.7. The van der Waals surface area contributed by atoms with Crippen LogP contribution >= 0.6 is 0 Å². The van der Waals surface area contributed by atoms with E-state index in [-0.39, 0.29) is 35.5 Å². The summed E-state index contributed by atoms with van der Waals surface area (Å²) in [6, 6.07) is 14.7. The molecule has 0 unspecified atom stereocenters. The fraction of sp³-hybridized carbons (Fsp3) is 0.500. The third-order valence-electron chi connectivity index (χ3n) is 10.2. The summed E-state index contributed by atoms with van der Waals surface area (Å²) in [5, 5.41) is 5.47. The number of benzene rings is 2. The van der Waals surface area contributed by atoms with Crippen LogP contribution in [-0.2, 0) is 21.4 Å². The topological polar surface area (TPSA) is 91.1 Å². The second-order valence-corrected chi connectivity index (χ2v) is 13.3. The third-order valence-corrected chi connectivity index (χ3v) is 10.2. The zero-order valence-electron chi connectivity index (χ0n) is 24.7. The Balaban J connectivity index is 1.06. The number of carbonyl (C=O) groups excluding carboxylic acids is 3. The lowest BCUT2D eigenvalue weighted by Gasteiger charge is -2.36. The third kappa shape index (κ3) is 4.73. The van der Waals surface area contributed by atoms with Gasteiger partial charge in [-0.05, 0) is 74.1 Å². The molecule has 2 aromatic carbocycles. The molecule has 5 aliphatic rings. The Morgan fingerprint density at radius 2 is 1.49 bits per heavy atom. The second-order valence-electron chi connectivity index (χ2n) is 13.3. The van der Waals surface area contributed by atoms with Crippen LogP contribution in [0.2, 0.25) is 0 Å². The van der Waals surface area contributed by atoms with Gasteiger partial charge in [-0.2, -0.15) is 5.10 Å². The molecular formula is C34H38N6O3. The first kappa shape index (κ1) is 26.6. The molecule has 2 saturated heterocycles. The van der Waals surface area contributed by atoms with Gasteiger partial charge in [0.1, 0.15) is 11.4 Å². The maximum Gasteiger partial charge on any atom is 0.256 e. The van der Waals surface area contributed by atoms with E-state index in [1.807, 2.05) is 32.6 Å². The lowest BCUT2D eigenvalue weighted by Crippen LogP contribution is -2.52. The van der Waals surface area contributed by atoms with E-state index in [9.17, 15) is 14.4 Å². The maximum atomic E-state index is 14.2. The predicted molar refractivity (Wildman–Crippen MR) is 163 cm³/mol. The van der Waals surface area contributed by atoms with E-state index in [1.54, 1.807) is 0 Å². The number of hydrogen-bond acceptors (Lipinski definition) is 5. The fourth-order valence-electron chi connectivity index (χ4n) is 7.24. The zero-order chi connectivity index (χ0) is 29.3. The van der Waals surface area contributed by atoms with Gasteiger partial charge in [0.2, 0.25) is 11.8 Å². The number of amides is 3. The smallest absolute Gasteiger partial charge is 0.256 e. The van der Waals surface area contributed by atoms with Gasteiger partial charge in [-0.3, -0.25) is 29.0 Å². The van der Waals surface area contributed by atoms with Crippen molar-refractivity contribution in [1.82, 2.24) is 24.5 Å². The van der Waals surface area contributed by atoms with Gasteiger partial charge in [0.25, 0.3) is 5.91 Å². The molecule has 3 aliphatic heterocycles. The largest absolute Gasteiger partial charge is 0.342 e. The van der Waals surface area contributed by atoms with Crippen molar-refractivity contribution in [2.45, 2.75) is 50.5 Å². The lowest BCUT2D eigenvalue weighted by atomic mass is 9.87. The molecule has 1 spiro atoms. The average molecular weight is 579 g/mol. The molecule has 4 fully saturated rings. The normalized spacial score (nSPS) is 23.5. The quantitative estimate of drug-likeness (QED) is 0.444. The van der Waals surface area contributed by atoms with Gasteiger partial charge in [-0.15, -0.1) is 0 Å². The first-order valence-electron chi connectivity index (χ1n) is 15.9. The van der Waals surface area contributed by atoms with Crippen molar-refractivity contribution in [3.63, 3.8) is 0 Å². The fourth-order valence-corrected chi connectivity index (χ4v) is 7.24. The molecular weight excluding hydrogens is 540 g/mol. The molecule has 8 rings (SSSR count). The van der Waals surface area contributed by atoms with Crippen LogP contribution in [0.4, 0.5) is 0 Å². The van der Waals surface area contributed by atoms with Crippen LogP contribution in [0.5, 0.6) is 0 Å². The molecule has 222 valence electrons. The van der Waals surface area contributed by atoms with Gasteiger partial charge in [0.05, 0.1) is 11.7 Å². The Kier molecular flexibility index (Phi) is 6.21. The summed E-state index contributed by atoms with van der Waals surface area (Å²) in [4.78, 5) is 50.8. The van der Waals surface area contributed by atoms with Crippen molar-refractivity contribution in [3.05, 3.63) is 54.2 Å². The number of amidine groups is 1. The minimum atomic E-state index is -0.818. The molecule has 3 amide bonds. The SMILES string of the molecule is Cn1ncc2cc(-c3ccc(C4=NC5(CCN(C(=O)C6CC6)CC5)C(=O)N4C[C@@H]4CCN(C(=O)C5CC5)C4)cc3)ccc21. The summed E-state index contributed by atoms with van der Waals surface area (Å²) in [5.41, 5.74) is 3.41. The van der Waals surface area contributed by atoms with Crippen molar-refractivity contribution in [1.29, 1.82) is 0 Å². The number of hydrogen-bond donors (Lipinski definition) is 0. The van der Waals surface area contributed by atoms with Gasteiger partial charge in [0.15, 0.2) is 0 Å². The molecule has 9 nitrogen and oxygen atoms in total. The van der Waals surface area contributed by atoms with Crippen LogP contribution in [0.15, 0.2) is 53.7 Å². The van der Waals surface area contributed by atoms with Crippen molar-refractivity contribution in [2.24, 2.45) is 29.8 Å². The second kappa shape index (κ2) is 10.0. The van der Waals surface area contributed by atoms with Crippen molar-refractivity contribution < 1.29 is 14.4 Å². The van der Waals surface area contributed by atoms with E-state index in [4.69, 9.17) is 4.99 Å². The highest BCUT2D eigenvalue weighted by Gasteiger charge is 2.52. The van der Waals surface area contributed by atoms with Gasteiger partial charge >= 0.3 is 0 Å². The number of nitrogens with zero attached hydrogens (tertiary/aromatic N) is 6. The molecule has 2 aliphatic carbocycles. The monoisotopic (exact) mass is 578 g/mol. The maximum absolute atomic E-state index is 14.2. The standard InChI is InChI=1S/C34H38N6O3/c1-37-29-11-10-27(18-28(29)19-35-37)23-2-4-24(5-3-23)30-36-34(13-16-38(17-14-34)31(41)25-6-7-25)33(43)40(30)21-22-12-15-39(20-22)32(42)26-8-9-26/h2-5,10-11,18-19,22,25-26H,6-9,12-17,20-21H2,1H3/t22-/m1/s1. The van der Waals surface area contributed by atoms with Crippen molar-refractivity contribution in [3.8, 4) is 11.1 Å². The van der Waals surface area contributed by atoms with Gasteiger partial charge in [-0.25, -0.2) is 0 Å². The number of carbonyl (C=O) groups is 3. The minimum absolute atomic E-state index is 0.0547. The molecule has 0 N–H and O–H groups in total. The summed E-state index contributed by atoms with van der Waals surface area (Å²) in [6.45, 7) is 3.20. The van der Waals surface area contributed by atoms with E-state index < -0.39 is 5.54 Å². The first-order valence-corrected chi connectivity index (χ1v) is 15.9. The van der Waals surface area contributed by atoms with E-state index in [0.29, 0.717) is 39.0 Å². The molecule has 3 aromatic rings. The molecule has 0 radical (unpaired) electrons. The van der Waals surface area contributed by atoms with E-state index >= 15 is 0 Å². The number of likely N-dealkylation sites (tertiary alicyclic amines) is 2. The Bertz CT molecular complexity index is 1640. The molecule has 9 heteroatoms. The minimum Gasteiger partial charge on any atom is -0.342 e. The summed E-state index contributed by atoms with van der Waals surface area (Å²) >= 11 is 0. The van der Waals surface area contributed by atoms with E-state index in [0.717, 1.165) is 72.1 Å². The number of aromatic nitrogens is 2. The van der Waals surface area contributed by atoms with Crippen LogP contribution < -0.4 is 0 Å². The molecule has 4 heterocycles. The number of piperidine rings is 1. The predicted octanol–water partition coefficient (Wildman–Crippen LogP) is 3.86. The molecule has 43 heavy (non-hydrogen) atoms. The van der Waals surface area contributed by atoms with Crippen LogP contribution in [-0.4, -0.2) is 86.3 Å². The molecule has 2 saturated carbocycles. The van der Waals surface area contributed by atoms with Crippen LogP contribution in [0.3, 0.4) is 0 Å². The summed E-state index contributed by atoms with van der Waals surface area (Å²) < 4.78 is 1.87. The lowest BCUT2D eigenvalue weighted by molar-refractivity contribution is -0.139. The van der Waals surface area contributed by atoms with E-state index in [2.05, 4.69) is 47.6 Å². The highest BCUT2D eigenvalue weighted by Crippen LogP contribution is 2.39. The highest BCUT2D eigenvalue weighted by atomic mass is 16.2. The number of rotatable bonds is 6. The van der Waals surface area contributed by atoms with Crippen LogP contribution in [0.1, 0.15) is 50.5 Å². The van der Waals surface area contributed by atoms with Crippen molar-refractivity contribution in [2.75, 3.05) is 32.7 Å². The highest BCUT2D eigenvalue weighted by molar-refractivity contribution is 6.15. The molecule has 0 bridgehead atoms. The summed E-state index contributed by atoms with van der Waals surface area (Å²) in [7, 11) is 1.95. The van der Waals surface area contributed by atoms with E-state index in [1.165, 1.54) is 0 Å². The molecule has 1 aromatic heterocycles. The van der Waals surface area contributed by atoms with Gasteiger partial charge in [-0.1, -0.05) is 30.3 Å². The van der Waals surface area contributed by atoms with Gasteiger partial charge < -0.3 is 9.80 Å². The Morgan fingerprint density at radius 1 is 0.837 bits per heavy atom. The molecule has 1 atom stereocenters. The summed E-state index contributed by atoms with van der Waals surface area (Å²) in [5.74, 6) is 1.95. The number of aliphatic imine (C=N–C) groups is 1. The van der Waals surface area contributed by atoms with Gasteiger partial charge in [0, 0.05) is 62.6 Å². The van der Waals surface area contributed by atoms with Crippen molar-refractivity contribution >= 4 is 34.5 Å².